The Bertz CT molecular complexity index is 1260. The van der Waals surface area contributed by atoms with E-state index in [1.165, 1.54) is 4.88 Å². The van der Waals surface area contributed by atoms with Crippen LogP contribution in [0.25, 0.3) is 22.0 Å². The summed E-state index contributed by atoms with van der Waals surface area (Å²) in [7, 11) is 4.25. The van der Waals surface area contributed by atoms with Crippen LogP contribution in [-0.2, 0) is 6.54 Å². The first kappa shape index (κ1) is 23.7. The SMILES string of the molecule is Cc1noc(C)c1-c1ccc2nc(N3CCN(CCN(C)C)CC3)nc(NCc3cccs3)c2c1. The van der Waals surface area contributed by atoms with E-state index in [1.54, 1.807) is 11.3 Å². The van der Waals surface area contributed by atoms with Crippen LogP contribution in [0.4, 0.5) is 11.8 Å². The molecule has 1 aliphatic rings. The highest BCUT2D eigenvalue weighted by atomic mass is 32.1. The maximum atomic E-state index is 5.42. The quantitative estimate of drug-likeness (QED) is 0.392. The summed E-state index contributed by atoms with van der Waals surface area (Å²) in [5.74, 6) is 2.48. The lowest BCUT2D eigenvalue weighted by molar-refractivity contribution is 0.229. The topological polar surface area (TPSA) is 73.6 Å². The molecule has 8 nitrogen and oxygen atoms in total. The Hall–Kier alpha value is -3.01. The normalized spacial score (nSPS) is 14.8. The van der Waals surface area contributed by atoms with Crippen LogP contribution < -0.4 is 10.2 Å². The second kappa shape index (κ2) is 10.3. The van der Waals surface area contributed by atoms with Crippen molar-refractivity contribution < 1.29 is 4.52 Å². The zero-order chi connectivity index (χ0) is 24.4. The minimum atomic E-state index is 0.733. The molecule has 35 heavy (non-hydrogen) atoms. The summed E-state index contributed by atoms with van der Waals surface area (Å²) < 4.78 is 5.42. The van der Waals surface area contributed by atoms with Crippen molar-refractivity contribution >= 4 is 34.0 Å². The van der Waals surface area contributed by atoms with Gasteiger partial charge >= 0.3 is 0 Å². The summed E-state index contributed by atoms with van der Waals surface area (Å²) in [6.07, 6.45) is 0. The molecule has 3 aromatic heterocycles. The number of nitrogens with one attached hydrogen (secondary N) is 1. The van der Waals surface area contributed by atoms with Crippen molar-refractivity contribution in [3.63, 3.8) is 0 Å². The summed E-state index contributed by atoms with van der Waals surface area (Å²) in [6.45, 7) is 10.7. The summed E-state index contributed by atoms with van der Waals surface area (Å²) in [5, 5.41) is 10.8. The van der Waals surface area contributed by atoms with Gasteiger partial charge in [-0.15, -0.1) is 11.3 Å². The van der Waals surface area contributed by atoms with Crippen molar-refractivity contribution in [1.29, 1.82) is 0 Å². The van der Waals surface area contributed by atoms with Gasteiger partial charge in [-0.25, -0.2) is 4.98 Å². The fourth-order valence-corrected chi connectivity index (χ4v) is 5.18. The molecule has 9 heteroatoms. The lowest BCUT2D eigenvalue weighted by atomic mass is 10.0. The van der Waals surface area contributed by atoms with Crippen LogP contribution in [0.2, 0.25) is 0 Å². The maximum absolute atomic E-state index is 5.42. The van der Waals surface area contributed by atoms with Gasteiger partial charge in [-0.05, 0) is 57.1 Å². The first-order valence-electron chi connectivity index (χ1n) is 12.1. The third-order valence-electron chi connectivity index (χ3n) is 6.53. The fraction of sp³-hybridized carbons (Fsp3) is 0.423. The number of piperazine rings is 1. The molecule has 1 fully saturated rings. The first-order valence-corrected chi connectivity index (χ1v) is 13.0. The second-order valence-corrected chi connectivity index (χ2v) is 10.4. The molecule has 4 heterocycles. The Morgan fingerprint density at radius 1 is 1.09 bits per heavy atom. The summed E-state index contributed by atoms with van der Waals surface area (Å²) in [4.78, 5) is 18.4. The van der Waals surface area contributed by atoms with Crippen molar-refractivity contribution in [3.8, 4) is 11.1 Å². The van der Waals surface area contributed by atoms with Gasteiger partial charge in [0.25, 0.3) is 0 Å². The lowest BCUT2D eigenvalue weighted by Crippen LogP contribution is -2.48. The number of thiophene rings is 1. The predicted octanol–water partition coefficient (Wildman–Crippen LogP) is 4.26. The zero-order valence-electron chi connectivity index (χ0n) is 20.9. The maximum Gasteiger partial charge on any atom is 0.227 e. The Balaban J connectivity index is 1.45. The molecule has 4 aromatic rings. The van der Waals surface area contributed by atoms with Crippen LogP contribution in [0.5, 0.6) is 0 Å². The van der Waals surface area contributed by atoms with Crippen molar-refractivity contribution in [2.24, 2.45) is 0 Å². The average Bonchev–Trinajstić information content (AvgIpc) is 3.50. The number of aryl methyl sites for hydroxylation is 2. The van der Waals surface area contributed by atoms with Gasteiger partial charge in [-0.2, -0.15) is 4.98 Å². The molecule has 184 valence electrons. The van der Waals surface area contributed by atoms with Crippen LogP contribution >= 0.6 is 11.3 Å². The first-order chi connectivity index (χ1) is 17.0. The number of fused-ring (bicyclic) bond motifs is 1. The Morgan fingerprint density at radius 3 is 2.60 bits per heavy atom. The van der Waals surface area contributed by atoms with Gasteiger partial charge in [0.05, 0.1) is 17.8 Å². The second-order valence-electron chi connectivity index (χ2n) is 9.37. The van der Waals surface area contributed by atoms with Crippen LogP contribution in [0, 0.1) is 13.8 Å². The summed E-state index contributed by atoms with van der Waals surface area (Å²) in [6, 6.07) is 10.6. The van der Waals surface area contributed by atoms with Gasteiger partial charge in [0.2, 0.25) is 5.95 Å². The minimum absolute atomic E-state index is 0.733. The molecule has 0 bridgehead atoms. The van der Waals surface area contributed by atoms with Gasteiger partial charge in [-0.3, -0.25) is 4.90 Å². The molecule has 0 aliphatic carbocycles. The number of rotatable bonds is 8. The van der Waals surface area contributed by atoms with E-state index < -0.39 is 0 Å². The Labute approximate surface area is 210 Å². The zero-order valence-corrected chi connectivity index (χ0v) is 21.7. The lowest BCUT2D eigenvalue weighted by Gasteiger charge is -2.35. The number of likely N-dealkylation sites (N-methyl/N-ethyl adjacent to an activating group) is 1. The number of hydrogen-bond acceptors (Lipinski definition) is 9. The number of benzene rings is 1. The Morgan fingerprint density at radius 2 is 1.91 bits per heavy atom. The van der Waals surface area contributed by atoms with E-state index >= 15 is 0 Å². The van der Waals surface area contributed by atoms with Gasteiger partial charge in [-0.1, -0.05) is 17.3 Å². The molecule has 0 amide bonds. The number of aromatic nitrogens is 3. The summed E-state index contributed by atoms with van der Waals surface area (Å²) in [5.41, 5.74) is 3.93. The summed E-state index contributed by atoms with van der Waals surface area (Å²) >= 11 is 1.75. The van der Waals surface area contributed by atoms with E-state index in [1.807, 2.05) is 13.8 Å². The predicted molar refractivity (Wildman–Crippen MR) is 143 cm³/mol. The largest absolute Gasteiger partial charge is 0.364 e. The standard InChI is InChI=1S/C26H33N7OS/c1-18-24(19(2)34-30-18)20-7-8-23-22(16-20)25(27-17-21-6-5-15-35-21)29-26(28-23)33-13-11-32(12-14-33)10-9-31(3)4/h5-8,15-16H,9-14,17H2,1-4H3,(H,27,28,29). The van der Waals surface area contributed by atoms with Crippen molar-refractivity contribution in [3.05, 3.63) is 52.0 Å². The van der Waals surface area contributed by atoms with E-state index in [0.29, 0.717) is 0 Å². The molecular weight excluding hydrogens is 458 g/mol. The van der Waals surface area contributed by atoms with E-state index in [4.69, 9.17) is 14.5 Å². The highest BCUT2D eigenvalue weighted by Crippen LogP contribution is 2.32. The molecule has 0 spiro atoms. The van der Waals surface area contributed by atoms with Gasteiger partial charge in [0.15, 0.2) is 0 Å². The molecule has 0 saturated carbocycles. The van der Waals surface area contributed by atoms with Crippen LogP contribution in [0.15, 0.2) is 40.2 Å². The van der Waals surface area contributed by atoms with Crippen molar-refractivity contribution in [1.82, 2.24) is 24.9 Å². The van der Waals surface area contributed by atoms with Gasteiger partial charge in [0, 0.05) is 55.1 Å². The molecule has 1 saturated heterocycles. The van der Waals surface area contributed by atoms with Gasteiger partial charge < -0.3 is 19.6 Å². The molecule has 5 rings (SSSR count). The van der Waals surface area contributed by atoms with E-state index in [2.05, 4.69) is 75.0 Å². The molecule has 0 radical (unpaired) electrons. The molecular formula is C26H33N7OS. The monoisotopic (exact) mass is 491 g/mol. The van der Waals surface area contributed by atoms with Crippen molar-refractivity contribution in [2.45, 2.75) is 20.4 Å². The highest BCUT2D eigenvalue weighted by Gasteiger charge is 2.21. The number of nitrogens with zero attached hydrogens (tertiary/aromatic N) is 6. The number of anilines is 2. The van der Waals surface area contributed by atoms with E-state index in [0.717, 1.165) is 91.1 Å². The number of hydrogen-bond donors (Lipinski definition) is 1. The average molecular weight is 492 g/mol. The third-order valence-corrected chi connectivity index (χ3v) is 7.41. The Kier molecular flexibility index (Phi) is 6.99. The van der Waals surface area contributed by atoms with Crippen LogP contribution in [0.1, 0.15) is 16.3 Å². The van der Waals surface area contributed by atoms with Gasteiger partial charge in [0.1, 0.15) is 11.6 Å². The van der Waals surface area contributed by atoms with Crippen molar-refractivity contribution in [2.75, 3.05) is 63.6 Å². The smallest absolute Gasteiger partial charge is 0.227 e. The van der Waals surface area contributed by atoms with E-state index in [9.17, 15) is 0 Å². The fourth-order valence-electron chi connectivity index (χ4n) is 4.54. The minimum Gasteiger partial charge on any atom is -0.364 e. The molecule has 1 N–H and O–H groups in total. The molecule has 1 aromatic carbocycles. The molecule has 0 atom stereocenters. The third kappa shape index (κ3) is 5.32. The molecule has 1 aliphatic heterocycles. The van der Waals surface area contributed by atoms with Crippen LogP contribution in [0.3, 0.4) is 0 Å². The highest BCUT2D eigenvalue weighted by molar-refractivity contribution is 7.09. The van der Waals surface area contributed by atoms with E-state index in [-0.39, 0.29) is 0 Å². The van der Waals surface area contributed by atoms with Crippen LogP contribution in [-0.4, -0.2) is 78.3 Å². The molecule has 0 unspecified atom stereocenters.